The van der Waals surface area contributed by atoms with E-state index in [1.807, 2.05) is 6.92 Å². The molecule has 3 rings (SSSR count). The lowest BCUT2D eigenvalue weighted by Gasteiger charge is -2.33. The molecular formula is C15H15BrN2O3S. The molecule has 2 unspecified atom stereocenters. The van der Waals surface area contributed by atoms with Crippen LogP contribution in [-0.4, -0.2) is 36.6 Å². The summed E-state index contributed by atoms with van der Waals surface area (Å²) in [5.41, 5.74) is 0.980. The van der Waals surface area contributed by atoms with E-state index in [9.17, 15) is 13.2 Å². The summed E-state index contributed by atoms with van der Waals surface area (Å²) >= 11 is 3.42. The van der Waals surface area contributed by atoms with Gasteiger partial charge in [0, 0.05) is 29.8 Å². The topological polar surface area (TPSA) is 57.7 Å². The lowest BCUT2D eigenvalue weighted by molar-refractivity contribution is -0.132. The highest BCUT2D eigenvalue weighted by Crippen LogP contribution is 2.38. The zero-order chi connectivity index (χ0) is 16.1. The minimum atomic E-state index is -3.75. The summed E-state index contributed by atoms with van der Waals surface area (Å²) in [6.45, 7) is 1.89. The number of likely N-dealkylation sites (N-methyl/N-ethyl adjacent to an activating group) is 1. The molecule has 116 valence electrons. The molecule has 0 spiro atoms. The van der Waals surface area contributed by atoms with Gasteiger partial charge in [0.05, 0.1) is 4.90 Å². The van der Waals surface area contributed by atoms with Crippen molar-refractivity contribution in [1.82, 2.24) is 9.21 Å². The molecule has 1 amide bonds. The second-order valence-corrected chi connectivity index (χ2v) is 8.18. The molecule has 0 saturated heterocycles. The number of hydrogen-bond donors (Lipinski definition) is 0. The molecule has 0 radical (unpaired) electrons. The summed E-state index contributed by atoms with van der Waals surface area (Å²) in [4.78, 5) is 14.0. The van der Waals surface area contributed by atoms with Crippen molar-refractivity contribution in [2.75, 3.05) is 7.05 Å². The van der Waals surface area contributed by atoms with Crippen LogP contribution in [0.1, 0.15) is 5.56 Å². The van der Waals surface area contributed by atoms with Gasteiger partial charge in [0.15, 0.2) is 0 Å². The molecule has 7 heteroatoms. The van der Waals surface area contributed by atoms with Crippen LogP contribution in [0.4, 0.5) is 0 Å². The van der Waals surface area contributed by atoms with E-state index in [1.165, 1.54) is 11.1 Å². The van der Waals surface area contributed by atoms with Crippen LogP contribution in [-0.2, 0) is 14.8 Å². The number of carbonyl (C=O) groups is 1. The number of halogens is 1. The molecule has 0 aliphatic carbocycles. The first-order chi connectivity index (χ1) is 10.3. The Kier molecular flexibility index (Phi) is 3.65. The van der Waals surface area contributed by atoms with Crippen molar-refractivity contribution in [2.45, 2.75) is 17.9 Å². The molecule has 5 nitrogen and oxygen atoms in total. The highest BCUT2D eigenvalue weighted by atomic mass is 79.9. The molecule has 0 N–H and O–H groups in total. The minimum Gasteiger partial charge on any atom is -0.319 e. The van der Waals surface area contributed by atoms with Gasteiger partial charge in [-0.2, -0.15) is 0 Å². The summed E-state index contributed by atoms with van der Waals surface area (Å²) in [6.07, 6.45) is 4.90. The summed E-state index contributed by atoms with van der Waals surface area (Å²) in [5.74, 6) is -0.516. The summed E-state index contributed by atoms with van der Waals surface area (Å²) in [6, 6.07) is 5.85. The van der Waals surface area contributed by atoms with Crippen LogP contribution in [0.25, 0.3) is 0 Å². The summed E-state index contributed by atoms with van der Waals surface area (Å²) in [5, 5.41) is 0. The maximum atomic E-state index is 12.8. The Balaban J connectivity index is 2.02. The molecule has 0 fully saturated rings. The van der Waals surface area contributed by atoms with Crippen molar-refractivity contribution in [2.24, 2.45) is 5.92 Å². The Hall–Kier alpha value is -1.60. The van der Waals surface area contributed by atoms with Gasteiger partial charge in [0.25, 0.3) is 15.9 Å². The number of fused-ring (bicyclic) bond motifs is 1. The predicted octanol–water partition coefficient (Wildman–Crippen LogP) is 2.21. The first kappa shape index (κ1) is 15.3. The molecule has 2 atom stereocenters. The molecule has 1 aromatic rings. The standard InChI is InChI=1S/C15H15BrN2O3S/c1-10-3-5-11(6-4-10)22(20,21)18-8-7-12-13(16)9-17(2)15(19)14(12)18/h3-9,12,14H,1-2H3. The number of amides is 1. The van der Waals surface area contributed by atoms with E-state index in [4.69, 9.17) is 0 Å². The number of aryl methyl sites for hydroxylation is 1. The highest BCUT2D eigenvalue weighted by Gasteiger charge is 2.46. The smallest absolute Gasteiger partial charge is 0.264 e. The van der Waals surface area contributed by atoms with E-state index in [0.29, 0.717) is 0 Å². The number of nitrogens with zero attached hydrogens (tertiary/aromatic N) is 2. The highest BCUT2D eigenvalue weighted by molar-refractivity contribution is 9.11. The van der Waals surface area contributed by atoms with Gasteiger partial charge >= 0.3 is 0 Å². The normalized spacial score (nSPS) is 24.5. The molecule has 0 bridgehead atoms. The van der Waals surface area contributed by atoms with E-state index in [2.05, 4.69) is 15.9 Å². The Morgan fingerprint density at radius 1 is 1.18 bits per heavy atom. The van der Waals surface area contributed by atoms with Crippen molar-refractivity contribution in [3.63, 3.8) is 0 Å². The number of sulfonamides is 1. The number of carbonyl (C=O) groups excluding carboxylic acids is 1. The van der Waals surface area contributed by atoms with E-state index >= 15 is 0 Å². The molecule has 0 aromatic heterocycles. The third-order valence-corrected chi connectivity index (χ3v) is 6.39. The fraction of sp³-hybridized carbons (Fsp3) is 0.267. The minimum absolute atomic E-state index is 0.185. The number of rotatable bonds is 2. The molecule has 22 heavy (non-hydrogen) atoms. The molecule has 1 aromatic carbocycles. The third-order valence-electron chi connectivity index (χ3n) is 3.89. The van der Waals surface area contributed by atoms with Gasteiger partial charge in [-0.3, -0.25) is 9.10 Å². The molecule has 2 aliphatic heterocycles. The van der Waals surface area contributed by atoms with E-state index in [0.717, 1.165) is 14.4 Å². The Morgan fingerprint density at radius 2 is 1.82 bits per heavy atom. The first-order valence-electron chi connectivity index (χ1n) is 6.75. The Labute approximate surface area is 138 Å². The van der Waals surface area contributed by atoms with Crippen LogP contribution in [0, 0.1) is 12.8 Å². The quantitative estimate of drug-likeness (QED) is 0.787. The largest absolute Gasteiger partial charge is 0.319 e. The number of benzene rings is 1. The van der Waals surface area contributed by atoms with Crippen LogP contribution >= 0.6 is 15.9 Å². The van der Waals surface area contributed by atoms with Crippen LogP contribution in [0.3, 0.4) is 0 Å². The van der Waals surface area contributed by atoms with Gasteiger partial charge < -0.3 is 4.90 Å². The van der Waals surface area contributed by atoms with Gasteiger partial charge in [-0.25, -0.2) is 8.42 Å². The number of hydrogen-bond acceptors (Lipinski definition) is 3. The predicted molar refractivity (Wildman–Crippen MR) is 86.4 cm³/mol. The van der Waals surface area contributed by atoms with Crippen molar-refractivity contribution in [3.05, 3.63) is 52.8 Å². The zero-order valence-electron chi connectivity index (χ0n) is 12.1. The summed E-state index contributed by atoms with van der Waals surface area (Å²) in [7, 11) is -2.13. The monoisotopic (exact) mass is 382 g/mol. The van der Waals surface area contributed by atoms with Gasteiger partial charge in [0.1, 0.15) is 6.04 Å². The first-order valence-corrected chi connectivity index (χ1v) is 8.98. The average molecular weight is 383 g/mol. The van der Waals surface area contributed by atoms with Crippen molar-refractivity contribution < 1.29 is 13.2 Å². The van der Waals surface area contributed by atoms with Crippen LogP contribution < -0.4 is 0 Å². The van der Waals surface area contributed by atoms with Crippen LogP contribution in [0.5, 0.6) is 0 Å². The fourth-order valence-corrected chi connectivity index (χ4v) is 4.83. The Bertz CT molecular complexity index is 784. The third kappa shape index (κ3) is 2.28. The van der Waals surface area contributed by atoms with Crippen molar-refractivity contribution >= 4 is 31.9 Å². The lowest BCUT2D eigenvalue weighted by atomic mass is 9.99. The second kappa shape index (κ2) is 5.24. The summed E-state index contributed by atoms with van der Waals surface area (Å²) < 4.78 is 27.6. The van der Waals surface area contributed by atoms with Gasteiger partial charge in [-0.1, -0.05) is 39.7 Å². The maximum Gasteiger partial charge on any atom is 0.264 e. The molecule has 2 heterocycles. The van der Waals surface area contributed by atoms with E-state index in [1.54, 1.807) is 43.6 Å². The maximum absolute atomic E-state index is 12.8. The molecule has 0 saturated carbocycles. The van der Waals surface area contributed by atoms with Crippen LogP contribution in [0.15, 0.2) is 52.1 Å². The van der Waals surface area contributed by atoms with Gasteiger partial charge in [0.2, 0.25) is 0 Å². The van der Waals surface area contributed by atoms with Gasteiger partial charge in [-0.05, 0) is 19.1 Å². The van der Waals surface area contributed by atoms with Crippen molar-refractivity contribution in [1.29, 1.82) is 0 Å². The van der Waals surface area contributed by atoms with E-state index < -0.39 is 16.1 Å². The van der Waals surface area contributed by atoms with Crippen molar-refractivity contribution in [3.8, 4) is 0 Å². The van der Waals surface area contributed by atoms with E-state index in [-0.39, 0.29) is 16.7 Å². The second-order valence-electron chi connectivity index (χ2n) is 5.42. The molecule has 2 aliphatic rings. The lowest BCUT2D eigenvalue weighted by Crippen LogP contribution is -2.49. The zero-order valence-corrected chi connectivity index (χ0v) is 14.5. The van der Waals surface area contributed by atoms with Gasteiger partial charge in [-0.15, -0.1) is 0 Å². The Morgan fingerprint density at radius 3 is 2.45 bits per heavy atom. The SMILES string of the molecule is Cc1ccc(S(=O)(=O)N2C=CC3C(Br)=CN(C)C(=O)C32)cc1. The van der Waals surface area contributed by atoms with Crippen LogP contribution in [0.2, 0.25) is 0 Å². The fourth-order valence-electron chi connectivity index (χ4n) is 2.64. The molecular weight excluding hydrogens is 368 g/mol. The average Bonchev–Trinajstić information content (AvgIpc) is 2.91.